The molecule has 0 radical (unpaired) electrons. The van der Waals surface area contributed by atoms with Crippen LogP contribution in [-0.4, -0.2) is 25.3 Å². The molecule has 2 rings (SSSR count). The first-order chi connectivity index (χ1) is 6.35. The molecule has 76 valence electrons. The van der Waals surface area contributed by atoms with E-state index in [1.807, 2.05) is 7.05 Å². The van der Waals surface area contributed by atoms with Crippen molar-refractivity contribution in [2.45, 2.75) is 56.7 Å². The van der Waals surface area contributed by atoms with Crippen LogP contribution in [0.15, 0.2) is 0 Å². The van der Waals surface area contributed by atoms with E-state index in [2.05, 4.69) is 5.32 Å². The fourth-order valence-corrected chi connectivity index (χ4v) is 2.52. The Labute approximate surface area is 81.0 Å². The van der Waals surface area contributed by atoms with Gasteiger partial charge < -0.3 is 10.1 Å². The zero-order valence-electron chi connectivity index (χ0n) is 8.64. The number of rotatable bonds is 4. The number of likely N-dealkylation sites (N-methyl/N-ethyl adjacent to an activating group) is 1. The van der Waals surface area contributed by atoms with Crippen LogP contribution >= 0.6 is 0 Å². The van der Waals surface area contributed by atoms with E-state index in [-0.39, 0.29) is 5.60 Å². The minimum atomic E-state index is 0.208. The summed E-state index contributed by atoms with van der Waals surface area (Å²) in [6, 6.07) is 0. The van der Waals surface area contributed by atoms with Gasteiger partial charge in [-0.05, 0) is 39.2 Å². The van der Waals surface area contributed by atoms with Gasteiger partial charge in [0, 0.05) is 6.54 Å². The second kappa shape index (κ2) is 3.97. The molecule has 0 unspecified atom stereocenters. The average molecular weight is 183 g/mol. The van der Waals surface area contributed by atoms with Crippen LogP contribution in [0.3, 0.4) is 0 Å². The summed E-state index contributed by atoms with van der Waals surface area (Å²) < 4.78 is 6.21. The first kappa shape index (κ1) is 9.47. The summed E-state index contributed by atoms with van der Waals surface area (Å²) in [6.07, 6.45) is 9.81. The highest BCUT2D eigenvalue weighted by Crippen LogP contribution is 2.37. The molecule has 2 fully saturated rings. The monoisotopic (exact) mass is 183 g/mol. The van der Waals surface area contributed by atoms with Gasteiger partial charge in [-0.15, -0.1) is 0 Å². The second-order valence-corrected chi connectivity index (χ2v) is 4.59. The number of nitrogens with one attached hydrogen (secondary N) is 1. The Morgan fingerprint density at radius 2 is 1.92 bits per heavy atom. The fraction of sp³-hybridized carbons (Fsp3) is 1.00. The summed E-state index contributed by atoms with van der Waals surface area (Å²) in [5, 5.41) is 3.28. The topological polar surface area (TPSA) is 21.3 Å². The van der Waals surface area contributed by atoms with E-state index in [1.54, 1.807) is 0 Å². The summed E-state index contributed by atoms with van der Waals surface area (Å²) in [7, 11) is 2.03. The van der Waals surface area contributed by atoms with E-state index in [0.29, 0.717) is 6.10 Å². The highest BCUT2D eigenvalue weighted by Gasteiger charge is 2.37. The van der Waals surface area contributed by atoms with Crippen molar-refractivity contribution in [1.29, 1.82) is 0 Å². The molecule has 2 nitrogen and oxygen atoms in total. The summed E-state index contributed by atoms with van der Waals surface area (Å²) >= 11 is 0. The van der Waals surface area contributed by atoms with Gasteiger partial charge in [0.15, 0.2) is 0 Å². The zero-order chi connectivity index (χ0) is 9.15. The lowest BCUT2D eigenvalue weighted by molar-refractivity contribution is -0.116. The van der Waals surface area contributed by atoms with Gasteiger partial charge in [0.05, 0.1) is 11.7 Å². The smallest absolute Gasteiger partial charge is 0.0809 e. The van der Waals surface area contributed by atoms with Crippen LogP contribution in [0.5, 0.6) is 0 Å². The molecule has 0 atom stereocenters. The van der Waals surface area contributed by atoms with E-state index >= 15 is 0 Å². The van der Waals surface area contributed by atoms with Crippen molar-refractivity contribution in [2.75, 3.05) is 13.6 Å². The first-order valence-electron chi connectivity index (χ1n) is 5.67. The zero-order valence-corrected chi connectivity index (χ0v) is 8.64. The predicted octanol–water partition coefficient (Wildman–Crippen LogP) is 2.09. The first-order valence-corrected chi connectivity index (χ1v) is 5.67. The van der Waals surface area contributed by atoms with Crippen LogP contribution in [0.1, 0.15) is 44.9 Å². The van der Waals surface area contributed by atoms with Gasteiger partial charge in [-0.3, -0.25) is 0 Å². The van der Waals surface area contributed by atoms with E-state index in [0.717, 1.165) is 6.54 Å². The Balaban J connectivity index is 1.87. The van der Waals surface area contributed by atoms with E-state index in [9.17, 15) is 0 Å². The van der Waals surface area contributed by atoms with Crippen molar-refractivity contribution in [2.24, 2.45) is 0 Å². The van der Waals surface area contributed by atoms with Crippen molar-refractivity contribution in [3.8, 4) is 0 Å². The van der Waals surface area contributed by atoms with Gasteiger partial charge in [-0.2, -0.15) is 0 Å². The molecule has 2 saturated carbocycles. The quantitative estimate of drug-likeness (QED) is 0.720. The maximum absolute atomic E-state index is 6.21. The lowest BCUT2D eigenvalue weighted by Gasteiger charge is -2.37. The molecule has 1 N–H and O–H groups in total. The molecule has 2 aliphatic rings. The maximum atomic E-state index is 6.21. The van der Waals surface area contributed by atoms with Gasteiger partial charge in [0.1, 0.15) is 0 Å². The largest absolute Gasteiger partial charge is 0.370 e. The van der Waals surface area contributed by atoms with Crippen LogP contribution in [0.25, 0.3) is 0 Å². The van der Waals surface area contributed by atoms with Crippen molar-refractivity contribution in [3.05, 3.63) is 0 Å². The highest BCUT2D eigenvalue weighted by molar-refractivity contribution is 4.90. The molecule has 0 aliphatic heterocycles. The third-order valence-corrected chi connectivity index (χ3v) is 3.48. The molecule has 0 aromatic carbocycles. The van der Waals surface area contributed by atoms with E-state index in [4.69, 9.17) is 4.74 Å². The van der Waals surface area contributed by atoms with Gasteiger partial charge in [-0.25, -0.2) is 0 Å². The summed E-state index contributed by atoms with van der Waals surface area (Å²) in [6.45, 7) is 1.05. The van der Waals surface area contributed by atoms with Gasteiger partial charge in [-0.1, -0.05) is 12.8 Å². The lowest BCUT2D eigenvalue weighted by atomic mass is 9.93. The predicted molar refractivity (Wildman–Crippen MR) is 53.8 cm³/mol. The lowest BCUT2D eigenvalue weighted by Crippen LogP contribution is -2.44. The fourth-order valence-electron chi connectivity index (χ4n) is 2.52. The van der Waals surface area contributed by atoms with Crippen LogP contribution in [0, 0.1) is 0 Å². The standard InChI is InChI=1S/C11H21NO/c1-12-9-11(7-2-3-8-11)13-10-5-4-6-10/h10,12H,2-9H2,1H3. The van der Waals surface area contributed by atoms with Crippen LogP contribution in [0.2, 0.25) is 0 Å². The third kappa shape index (κ3) is 2.05. The Morgan fingerprint density at radius 3 is 2.38 bits per heavy atom. The second-order valence-electron chi connectivity index (χ2n) is 4.59. The molecule has 2 heteroatoms. The van der Waals surface area contributed by atoms with E-state index in [1.165, 1.54) is 44.9 Å². The normalized spacial score (nSPS) is 27.5. The van der Waals surface area contributed by atoms with Crippen molar-refractivity contribution >= 4 is 0 Å². The Hall–Kier alpha value is -0.0800. The number of hydrogen-bond acceptors (Lipinski definition) is 2. The van der Waals surface area contributed by atoms with Crippen LogP contribution in [-0.2, 0) is 4.74 Å². The molecule has 0 aromatic heterocycles. The molecular formula is C11H21NO. The molecule has 2 aliphatic carbocycles. The minimum absolute atomic E-state index is 0.208. The molecule has 0 bridgehead atoms. The minimum Gasteiger partial charge on any atom is -0.370 e. The number of hydrogen-bond donors (Lipinski definition) is 1. The summed E-state index contributed by atoms with van der Waals surface area (Å²) in [4.78, 5) is 0. The molecule has 0 aromatic rings. The molecule has 0 saturated heterocycles. The summed E-state index contributed by atoms with van der Waals surface area (Å²) in [5.74, 6) is 0. The third-order valence-electron chi connectivity index (χ3n) is 3.48. The van der Waals surface area contributed by atoms with Gasteiger partial charge in [0.25, 0.3) is 0 Å². The van der Waals surface area contributed by atoms with E-state index < -0.39 is 0 Å². The number of ether oxygens (including phenoxy) is 1. The van der Waals surface area contributed by atoms with Crippen molar-refractivity contribution < 1.29 is 4.74 Å². The Kier molecular flexibility index (Phi) is 2.89. The Bertz CT molecular complexity index is 159. The Morgan fingerprint density at radius 1 is 1.23 bits per heavy atom. The van der Waals surface area contributed by atoms with Crippen molar-refractivity contribution in [3.63, 3.8) is 0 Å². The molecule has 0 heterocycles. The maximum Gasteiger partial charge on any atom is 0.0809 e. The molecular weight excluding hydrogens is 162 g/mol. The SMILES string of the molecule is CNCC1(OC2CCC2)CCCC1. The van der Waals surface area contributed by atoms with Crippen LogP contribution in [0.4, 0.5) is 0 Å². The molecule has 0 spiro atoms. The van der Waals surface area contributed by atoms with Crippen molar-refractivity contribution in [1.82, 2.24) is 5.32 Å². The highest BCUT2D eigenvalue weighted by atomic mass is 16.5. The summed E-state index contributed by atoms with van der Waals surface area (Å²) in [5.41, 5.74) is 0.208. The van der Waals surface area contributed by atoms with Crippen LogP contribution < -0.4 is 5.32 Å². The average Bonchev–Trinajstić information content (AvgIpc) is 2.48. The molecule has 0 amide bonds. The van der Waals surface area contributed by atoms with Gasteiger partial charge >= 0.3 is 0 Å². The molecule has 13 heavy (non-hydrogen) atoms. The van der Waals surface area contributed by atoms with Gasteiger partial charge in [0.2, 0.25) is 0 Å².